The van der Waals surface area contributed by atoms with Crippen molar-refractivity contribution in [3.8, 4) is 5.75 Å². The molecule has 0 bridgehead atoms. The summed E-state index contributed by atoms with van der Waals surface area (Å²) in [7, 11) is -3.08. The van der Waals surface area contributed by atoms with E-state index in [2.05, 4.69) is 4.74 Å². The van der Waals surface area contributed by atoms with E-state index in [1.807, 2.05) is 4.72 Å². The molecule has 0 aliphatic rings. The number of amides is 1. The summed E-state index contributed by atoms with van der Waals surface area (Å²) in [5.41, 5.74) is 0.0447. The van der Waals surface area contributed by atoms with Crippen LogP contribution in [0.15, 0.2) is 18.2 Å². The highest BCUT2D eigenvalue weighted by Gasteiger charge is 2.14. The largest absolute Gasteiger partial charge is 0.506 e. The van der Waals surface area contributed by atoms with Crippen LogP contribution in [0, 0.1) is 0 Å². The van der Waals surface area contributed by atoms with E-state index in [4.69, 9.17) is 11.6 Å². The van der Waals surface area contributed by atoms with Crippen molar-refractivity contribution in [1.82, 2.24) is 4.72 Å². The van der Waals surface area contributed by atoms with Gasteiger partial charge in [0.2, 0.25) is 0 Å². The monoisotopic (exact) mass is 280 g/mol. The van der Waals surface area contributed by atoms with Crippen molar-refractivity contribution in [3.05, 3.63) is 23.2 Å². The first-order valence-electron chi connectivity index (χ1n) is 4.21. The molecule has 1 aromatic rings. The van der Waals surface area contributed by atoms with Gasteiger partial charge in [-0.2, -0.15) is 8.42 Å². The molecule has 0 radical (unpaired) electrons. The first-order chi connectivity index (χ1) is 7.84. The Labute approximate surface area is 103 Å². The number of nitrogens with one attached hydrogen (secondary N) is 2. The summed E-state index contributed by atoms with van der Waals surface area (Å²) in [6, 6.07) is 3.71. The quantitative estimate of drug-likeness (QED) is 0.768. The minimum atomic E-state index is -4.10. The number of carbonyl (C=O) groups is 1. The van der Waals surface area contributed by atoms with E-state index >= 15 is 0 Å². The number of aromatic hydroxyl groups is 1. The van der Waals surface area contributed by atoms with Crippen molar-refractivity contribution in [3.63, 3.8) is 0 Å². The van der Waals surface area contributed by atoms with Crippen LogP contribution in [0.5, 0.6) is 5.75 Å². The summed E-state index contributed by atoms with van der Waals surface area (Å²) >= 11 is 5.54. The molecule has 1 rings (SSSR count). The zero-order valence-electron chi connectivity index (χ0n) is 8.60. The molecule has 0 spiro atoms. The van der Waals surface area contributed by atoms with Crippen molar-refractivity contribution in [2.24, 2.45) is 0 Å². The van der Waals surface area contributed by atoms with Crippen molar-refractivity contribution in [1.29, 1.82) is 0 Å². The van der Waals surface area contributed by atoms with E-state index in [1.54, 1.807) is 4.72 Å². The van der Waals surface area contributed by atoms with Gasteiger partial charge in [0.15, 0.2) is 0 Å². The first-order valence-corrected chi connectivity index (χ1v) is 6.07. The average Bonchev–Trinajstić information content (AvgIpc) is 2.22. The molecule has 7 nitrogen and oxygen atoms in total. The highest BCUT2D eigenvalue weighted by Crippen LogP contribution is 2.26. The normalized spacial score (nSPS) is 10.7. The molecule has 0 fully saturated rings. The predicted molar refractivity (Wildman–Crippen MR) is 61.2 cm³/mol. The lowest BCUT2D eigenvalue weighted by atomic mass is 10.3. The molecule has 0 aromatic heterocycles. The Bertz CT molecular complexity index is 531. The van der Waals surface area contributed by atoms with Crippen molar-refractivity contribution in [2.45, 2.75) is 0 Å². The van der Waals surface area contributed by atoms with Gasteiger partial charge in [0.05, 0.1) is 17.8 Å². The highest BCUT2D eigenvalue weighted by atomic mass is 35.5. The summed E-state index contributed by atoms with van der Waals surface area (Å²) in [5.74, 6) is -0.287. The molecule has 0 saturated carbocycles. The molecule has 0 saturated heterocycles. The fraction of sp³-hybridized carbons (Fsp3) is 0.125. The molecule has 0 unspecified atom stereocenters. The number of carbonyl (C=O) groups excluding carboxylic acids is 1. The van der Waals surface area contributed by atoms with Crippen LogP contribution in [-0.2, 0) is 14.9 Å². The number of methoxy groups -OCH3 is 1. The summed E-state index contributed by atoms with van der Waals surface area (Å²) < 4.78 is 30.3. The van der Waals surface area contributed by atoms with Crippen LogP contribution in [-0.4, -0.2) is 26.7 Å². The van der Waals surface area contributed by atoms with Crippen LogP contribution in [0.25, 0.3) is 0 Å². The zero-order chi connectivity index (χ0) is 13.1. The summed E-state index contributed by atoms with van der Waals surface area (Å²) in [4.78, 5) is 10.7. The maximum atomic E-state index is 11.3. The SMILES string of the molecule is COC(=O)NS(=O)(=O)Nc1ccc(Cl)c(O)c1. The summed E-state index contributed by atoms with van der Waals surface area (Å²) in [5, 5.41) is 9.32. The molecular weight excluding hydrogens is 272 g/mol. The molecule has 1 aromatic carbocycles. The van der Waals surface area contributed by atoms with E-state index in [-0.39, 0.29) is 16.5 Å². The maximum Gasteiger partial charge on any atom is 0.422 e. The van der Waals surface area contributed by atoms with E-state index in [1.165, 1.54) is 12.1 Å². The van der Waals surface area contributed by atoms with Crippen molar-refractivity contribution in [2.75, 3.05) is 11.8 Å². The van der Waals surface area contributed by atoms with Gasteiger partial charge in [-0.15, -0.1) is 0 Å². The fourth-order valence-corrected chi connectivity index (χ4v) is 1.82. The zero-order valence-corrected chi connectivity index (χ0v) is 10.2. The Morgan fingerprint density at radius 1 is 1.47 bits per heavy atom. The van der Waals surface area contributed by atoms with Gasteiger partial charge in [-0.3, -0.25) is 4.72 Å². The van der Waals surface area contributed by atoms with Gasteiger partial charge in [-0.05, 0) is 12.1 Å². The maximum absolute atomic E-state index is 11.3. The molecular formula is C8H9ClN2O5S. The van der Waals surface area contributed by atoms with Crippen LogP contribution >= 0.6 is 11.6 Å². The summed E-state index contributed by atoms with van der Waals surface area (Å²) in [6.45, 7) is 0. The van der Waals surface area contributed by atoms with Crippen molar-refractivity contribution < 1.29 is 23.1 Å². The number of hydrogen-bond acceptors (Lipinski definition) is 5. The molecule has 17 heavy (non-hydrogen) atoms. The van der Waals surface area contributed by atoms with E-state index in [0.29, 0.717) is 0 Å². The standard InChI is InChI=1S/C8H9ClN2O5S/c1-16-8(13)11-17(14,15)10-5-2-3-6(9)7(12)4-5/h2-4,10,12H,1H3,(H,11,13). The van der Waals surface area contributed by atoms with Crippen LogP contribution in [0.4, 0.5) is 10.5 Å². The molecule has 0 heterocycles. The minimum Gasteiger partial charge on any atom is -0.506 e. The van der Waals surface area contributed by atoms with Crippen molar-refractivity contribution >= 4 is 33.6 Å². The van der Waals surface area contributed by atoms with E-state index in [0.717, 1.165) is 13.2 Å². The van der Waals surface area contributed by atoms with E-state index in [9.17, 15) is 18.3 Å². The third kappa shape index (κ3) is 4.00. The topological polar surface area (TPSA) is 105 Å². The van der Waals surface area contributed by atoms with Gasteiger partial charge in [-0.1, -0.05) is 11.6 Å². The molecule has 0 aliphatic carbocycles. The molecule has 0 aliphatic heterocycles. The third-order valence-corrected chi connectivity index (χ3v) is 2.86. The number of anilines is 1. The second-order valence-electron chi connectivity index (χ2n) is 2.87. The fourth-order valence-electron chi connectivity index (χ4n) is 0.908. The minimum absolute atomic E-state index is 0.0447. The highest BCUT2D eigenvalue weighted by molar-refractivity contribution is 7.91. The van der Waals surface area contributed by atoms with Gasteiger partial charge in [0.25, 0.3) is 0 Å². The smallest absolute Gasteiger partial charge is 0.422 e. The Morgan fingerprint density at radius 3 is 2.65 bits per heavy atom. The lowest BCUT2D eigenvalue weighted by molar-refractivity contribution is 0.177. The van der Waals surface area contributed by atoms with Gasteiger partial charge >= 0.3 is 16.3 Å². The predicted octanol–water partition coefficient (Wildman–Crippen LogP) is 1.06. The van der Waals surface area contributed by atoms with E-state index < -0.39 is 16.3 Å². The lowest BCUT2D eigenvalue weighted by Gasteiger charge is -2.08. The summed E-state index contributed by atoms with van der Waals surface area (Å²) in [6.07, 6.45) is -1.13. The van der Waals surface area contributed by atoms with Gasteiger partial charge < -0.3 is 9.84 Å². The van der Waals surface area contributed by atoms with Crippen LogP contribution in [0.3, 0.4) is 0 Å². The number of phenolic OH excluding ortho intramolecular Hbond substituents is 1. The third-order valence-electron chi connectivity index (χ3n) is 1.60. The Balaban J connectivity index is 2.83. The Kier molecular flexibility index (Phi) is 4.02. The number of benzene rings is 1. The Morgan fingerprint density at radius 2 is 2.12 bits per heavy atom. The molecule has 3 N–H and O–H groups in total. The molecule has 0 atom stereocenters. The Hall–Kier alpha value is -1.67. The lowest BCUT2D eigenvalue weighted by Crippen LogP contribution is -2.35. The molecule has 94 valence electrons. The van der Waals surface area contributed by atoms with Crippen LogP contribution < -0.4 is 9.44 Å². The number of ether oxygens (including phenoxy) is 1. The molecule has 1 amide bonds. The number of phenols is 1. The van der Waals surface area contributed by atoms with Crippen LogP contribution in [0.1, 0.15) is 0 Å². The second-order valence-corrected chi connectivity index (χ2v) is 4.69. The second kappa shape index (κ2) is 5.11. The van der Waals surface area contributed by atoms with Gasteiger partial charge in [0.1, 0.15) is 5.75 Å². The van der Waals surface area contributed by atoms with Gasteiger partial charge in [0, 0.05) is 6.07 Å². The number of rotatable bonds is 3. The number of hydrogen-bond donors (Lipinski definition) is 3. The number of halogens is 1. The van der Waals surface area contributed by atoms with Gasteiger partial charge in [-0.25, -0.2) is 9.52 Å². The first kappa shape index (κ1) is 13.4. The van der Waals surface area contributed by atoms with Crippen LogP contribution in [0.2, 0.25) is 5.02 Å². The molecule has 9 heteroatoms. The average molecular weight is 281 g/mol.